The van der Waals surface area contributed by atoms with Crippen molar-refractivity contribution >= 4 is 5.97 Å². The van der Waals surface area contributed by atoms with E-state index in [1.807, 2.05) is 27.7 Å². The first-order valence-corrected chi connectivity index (χ1v) is 10.6. The van der Waals surface area contributed by atoms with E-state index in [2.05, 4.69) is 4.98 Å². The summed E-state index contributed by atoms with van der Waals surface area (Å²) in [6.07, 6.45) is -4.45. The van der Waals surface area contributed by atoms with Crippen molar-refractivity contribution in [1.82, 2.24) is 4.98 Å². The fraction of sp³-hybridized carbons (Fsp3) is 0.360. The number of rotatable bonds is 8. The Bertz CT molecular complexity index is 1120. The van der Waals surface area contributed by atoms with E-state index < -0.39 is 17.7 Å². The summed E-state index contributed by atoms with van der Waals surface area (Å²) in [5, 5.41) is 8.97. The molecule has 2 aromatic carbocycles. The van der Waals surface area contributed by atoms with E-state index in [9.17, 15) is 18.0 Å². The monoisotopic (exact) mass is 461 g/mol. The van der Waals surface area contributed by atoms with Crippen LogP contribution < -0.4 is 4.74 Å². The summed E-state index contributed by atoms with van der Waals surface area (Å²) in [5.41, 5.74) is 2.02. The number of benzene rings is 2. The number of alkyl halides is 3. The quantitative estimate of drug-likeness (QED) is 0.409. The van der Waals surface area contributed by atoms with Gasteiger partial charge in [-0.3, -0.25) is 4.79 Å². The third kappa shape index (κ3) is 5.94. The summed E-state index contributed by atoms with van der Waals surface area (Å²) in [4.78, 5) is 15.5. The van der Waals surface area contributed by atoms with Crippen LogP contribution >= 0.6 is 0 Å². The lowest BCUT2D eigenvalue weighted by Gasteiger charge is -2.14. The van der Waals surface area contributed by atoms with Gasteiger partial charge in [0.15, 0.2) is 0 Å². The van der Waals surface area contributed by atoms with Crippen molar-refractivity contribution in [2.75, 3.05) is 6.61 Å². The van der Waals surface area contributed by atoms with Crippen molar-refractivity contribution in [3.63, 3.8) is 0 Å². The highest BCUT2D eigenvalue weighted by molar-refractivity contribution is 5.70. The molecule has 0 saturated heterocycles. The fourth-order valence-electron chi connectivity index (χ4n) is 3.45. The van der Waals surface area contributed by atoms with Gasteiger partial charge in [-0.25, -0.2) is 4.98 Å². The highest BCUT2D eigenvalue weighted by Crippen LogP contribution is 2.34. The van der Waals surface area contributed by atoms with Gasteiger partial charge in [0, 0.05) is 5.56 Å². The molecule has 5 nitrogen and oxygen atoms in total. The molecule has 0 spiro atoms. The van der Waals surface area contributed by atoms with Crippen molar-refractivity contribution < 1.29 is 32.2 Å². The maximum absolute atomic E-state index is 12.9. The van der Waals surface area contributed by atoms with Gasteiger partial charge in [-0.1, -0.05) is 26.8 Å². The number of halogens is 3. The summed E-state index contributed by atoms with van der Waals surface area (Å²) in [5.74, 6) is 0.490. The number of carbonyl (C=O) groups is 1. The van der Waals surface area contributed by atoms with Gasteiger partial charge in [0.2, 0.25) is 5.89 Å². The SMILES string of the molecule is Cc1cc(OCC(C)c2oc(-c3ccc(C(F)(F)F)cc3)nc2C(C)C)ccc1CC(=O)O. The average Bonchev–Trinajstić information content (AvgIpc) is 3.19. The zero-order valence-corrected chi connectivity index (χ0v) is 18.9. The van der Waals surface area contributed by atoms with Crippen molar-refractivity contribution in [3.05, 3.63) is 70.6 Å². The summed E-state index contributed by atoms with van der Waals surface area (Å²) >= 11 is 0. The molecule has 0 aliphatic rings. The lowest BCUT2D eigenvalue weighted by molar-refractivity contribution is -0.138. The van der Waals surface area contributed by atoms with Crippen molar-refractivity contribution in [2.45, 2.75) is 52.1 Å². The second kappa shape index (κ2) is 9.68. The van der Waals surface area contributed by atoms with Crippen LogP contribution in [0.2, 0.25) is 0 Å². The molecule has 176 valence electrons. The molecule has 0 fully saturated rings. The number of hydrogen-bond donors (Lipinski definition) is 1. The van der Waals surface area contributed by atoms with Crippen LogP contribution in [-0.4, -0.2) is 22.7 Å². The van der Waals surface area contributed by atoms with Gasteiger partial charge in [0.25, 0.3) is 0 Å². The molecule has 0 aliphatic heterocycles. The Morgan fingerprint density at radius 3 is 2.33 bits per heavy atom. The Labute approximate surface area is 190 Å². The molecule has 3 rings (SSSR count). The number of nitrogens with zero attached hydrogens (tertiary/aromatic N) is 1. The molecule has 0 bridgehead atoms. The van der Waals surface area contributed by atoms with Crippen molar-refractivity contribution in [2.24, 2.45) is 0 Å². The Hall–Kier alpha value is -3.29. The van der Waals surface area contributed by atoms with Gasteiger partial charge < -0.3 is 14.3 Å². The molecular formula is C25H26F3NO4. The van der Waals surface area contributed by atoms with Crippen LogP contribution in [0, 0.1) is 6.92 Å². The average molecular weight is 461 g/mol. The number of aliphatic carboxylic acids is 1. The molecule has 0 radical (unpaired) electrons. The summed E-state index contributed by atoms with van der Waals surface area (Å²) in [6, 6.07) is 9.99. The first-order valence-electron chi connectivity index (χ1n) is 10.6. The first kappa shape index (κ1) is 24.4. The van der Waals surface area contributed by atoms with E-state index >= 15 is 0 Å². The van der Waals surface area contributed by atoms with E-state index in [-0.39, 0.29) is 24.1 Å². The highest BCUT2D eigenvalue weighted by atomic mass is 19.4. The molecule has 0 aliphatic carbocycles. The molecule has 1 N–H and O–H groups in total. The second-order valence-corrected chi connectivity index (χ2v) is 8.37. The maximum atomic E-state index is 12.9. The normalized spacial score (nSPS) is 12.7. The van der Waals surface area contributed by atoms with Crippen LogP contribution in [0.25, 0.3) is 11.5 Å². The Kier molecular flexibility index (Phi) is 7.15. The molecule has 8 heteroatoms. The number of aryl methyl sites for hydroxylation is 1. The largest absolute Gasteiger partial charge is 0.493 e. The zero-order chi connectivity index (χ0) is 24.3. The predicted molar refractivity (Wildman–Crippen MR) is 117 cm³/mol. The Morgan fingerprint density at radius 1 is 1.12 bits per heavy atom. The van der Waals surface area contributed by atoms with E-state index in [1.54, 1.807) is 18.2 Å². The fourth-order valence-corrected chi connectivity index (χ4v) is 3.45. The van der Waals surface area contributed by atoms with Crippen LogP contribution in [0.15, 0.2) is 46.9 Å². The summed E-state index contributed by atoms with van der Waals surface area (Å²) in [6.45, 7) is 7.98. The molecule has 1 heterocycles. The summed E-state index contributed by atoms with van der Waals surface area (Å²) in [7, 11) is 0. The van der Waals surface area contributed by atoms with Crippen molar-refractivity contribution in [3.8, 4) is 17.2 Å². The predicted octanol–water partition coefficient (Wildman–Crippen LogP) is 6.60. The van der Waals surface area contributed by atoms with E-state index in [0.29, 0.717) is 23.7 Å². The first-order chi connectivity index (χ1) is 15.5. The third-order valence-corrected chi connectivity index (χ3v) is 5.29. The third-order valence-electron chi connectivity index (χ3n) is 5.29. The van der Waals surface area contributed by atoms with Gasteiger partial charge in [0.1, 0.15) is 11.5 Å². The molecule has 1 unspecified atom stereocenters. The minimum Gasteiger partial charge on any atom is -0.493 e. The van der Waals surface area contributed by atoms with Crippen molar-refractivity contribution in [1.29, 1.82) is 0 Å². The molecule has 0 saturated carbocycles. The lowest BCUT2D eigenvalue weighted by Crippen LogP contribution is -2.09. The maximum Gasteiger partial charge on any atom is 0.416 e. The molecule has 0 amide bonds. The summed E-state index contributed by atoms with van der Waals surface area (Å²) < 4.78 is 50.4. The molecule has 33 heavy (non-hydrogen) atoms. The van der Waals surface area contributed by atoms with Crippen LogP contribution in [0.4, 0.5) is 13.2 Å². The smallest absolute Gasteiger partial charge is 0.416 e. The van der Waals surface area contributed by atoms with Crippen LogP contribution in [0.5, 0.6) is 5.75 Å². The van der Waals surface area contributed by atoms with Gasteiger partial charge in [-0.15, -0.1) is 0 Å². The lowest BCUT2D eigenvalue weighted by atomic mass is 10.0. The number of oxazole rings is 1. The minimum absolute atomic E-state index is 0.0481. The van der Waals surface area contributed by atoms with Crippen LogP contribution in [0.3, 0.4) is 0 Å². The Morgan fingerprint density at radius 2 is 1.79 bits per heavy atom. The standard InChI is InChI=1S/C25H26F3NO4/c1-14(2)22-23(33-24(29-22)17-5-8-19(9-6-17)25(26,27)28)16(4)13-32-20-10-7-18(12-21(30)31)15(3)11-20/h5-11,14,16H,12-13H2,1-4H3,(H,30,31). The number of aromatic nitrogens is 1. The van der Waals surface area contributed by atoms with Gasteiger partial charge >= 0.3 is 12.1 Å². The topological polar surface area (TPSA) is 72.6 Å². The zero-order valence-electron chi connectivity index (χ0n) is 18.9. The number of ether oxygens (including phenoxy) is 1. The van der Waals surface area contributed by atoms with E-state index in [0.717, 1.165) is 29.0 Å². The molecular weight excluding hydrogens is 435 g/mol. The van der Waals surface area contributed by atoms with Crippen LogP contribution in [-0.2, 0) is 17.4 Å². The van der Waals surface area contributed by atoms with Gasteiger partial charge in [-0.05, 0) is 60.4 Å². The number of carboxylic acids is 1. The minimum atomic E-state index is -4.40. The number of hydrogen-bond acceptors (Lipinski definition) is 4. The highest BCUT2D eigenvalue weighted by Gasteiger charge is 2.30. The number of carboxylic acid groups (broad SMARTS) is 1. The molecule has 1 atom stereocenters. The second-order valence-electron chi connectivity index (χ2n) is 8.37. The van der Waals surface area contributed by atoms with Gasteiger partial charge in [-0.2, -0.15) is 13.2 Å². The van der Waals surface area contributed by atoms with Gasteiger partial charge in [0.05, 0.1) is 30.2 Å². The Balaban J connectivity index is 1.77. The van der Waals surface area contributed by atoms with E-state index in [4.69, 9.17) is 14.3 Å². The van der Waals surface area contributed by atoms with E-state index in [1.165, 1.54) is 12.1 Å². The van der Waals surface area contributed by atoms with Crippen LogP contribution in [0.1, 0.15) is 60.8 Å². The molecule has 1 aromatic heterocycles. The molecule has 3 aromatic rings.